The molecule has 8 heteroatoms. The second-order valence-corrected chi connectivity index (χ2v) is 8.57. The third kappa shape index (κ3) is 5.11. The molecule has 35 heavy (non-hydrogen) atoms. The van der Waals surface area contributed by atoms with Crippen LogP contribution in [-0.2, 0) is 22.7 Å². The van der Waals surface area contributed by atoms with Crippen LogP contribution in [0.4, 0.5) is 5.69 Å². The van der Waals surface area contributed by atoms with Gasteiger partial charge in [-0.05, 0) is 35.4 Å². The summed E-state index contributed by atoms with van der Waals surface area (Å²) in [6.07, 6.45) is 0.150. The normalized spacial score (nSPS) is 16.3. The fraction of sp³-hybridized carbons (Fsp3) is 0.222. The zero-order chi connectivity index (χ0) is 24.2. The number of fused-ring (bicyclic) bond motifs is 1. The predicted octanol–water partition coefficient (Wildman–Crippen LogP) is 3.33. The van der Waals surface area contributed by atoms with E-state index < -0.39 is 5.92 Å². The average molecular weight is 472 g/mol. The highest BCUT2D eigenvalue weighted by Crippen LogP contribution is 2.32. The number of anilines is 1. The molecule has 3 aromatic carbocycles. The van der Waals surface area contributed by atoms with Crippen molar-refractivity contribution in [3.63, 3.8) is 0 Å². The highest BCUT2D eigenvalue weighted by Gasteiger charge is 2.34. The van der Waals surface area contributed by atoms with Gasteiger partial charge in [0.1, 0.15) is 0 Å². The van der Waals surface area contributed by atoms with Gasteiger partial charge in [0.15, 0.2) is 11.5 Å². The molecule has 2 aliphatic rings. The highest BCUT2D eigenvalue weighted by molar-refractivity contribution is 6.05. The molecule has 2 heterocycles. The molecule has 0 radical (unpaired) electrons. The van der Waals surface area contributed by atoms with Crippen molar-refractivity contribution in [3.05, 3.63) is 89.5 Å². The molecule has 1 saturated heterocycles. The Morgan fingerprint density at radius 2 is 1.69 bits per heavy atom. The fourth-order valence-electron chi connectivity index (χ4n) is 4.26. The van der Waals surface area contributed by atoms with Crippen LogP contribution in [0.2, 0.25) is 0 Å². The fourth-order valence-corrected chi connectivity index (χ4v) is 4.26. The molecule has 3 amide bonds. The van der Waals surface area contributed by atoms with Crippen molar-refractivity contribution in [1.82, 2.24) is 10.2 Å². The van der Waals surface area contributed by atoms with Gasteiger partial charge in [-0.3, -0.25) is 14.4 Å². The average Bonchev–Trinajstić information content (AvgIpc) is 3.49. The molecule has 5 rings (SSSR count). The maximum Gasteiger partial charge on any atom is 0.253 e. The third-order valence-corrected chi connectivity index (χ3v) is 6.12. The van der Waals surface area contributed by atoms with Crippen LogP contribution in [0.15, 0.2) is 72.8 Å². The van der Waals surface area contributed by atoms with Crippen molar-refractivity contribution in [3.8, 4) is 11.5 Å². The molecule has 0 aromatic heterocycles. The molecule has 1 atom stereocenters. The smallest absolute Gasteiger partial charge is 0.253 e. The zero-order valence-corrected chi connectivity index (χ0v) is 19.0. The van der Waals surface area contributed by atoms with Crippen LogP contribution in [0, 0.1) is 5.92 Å². The summed E-state index contributed by atoms with van der Waals surface area (Å²) in [5, 5.41) is 5.74. The Balaban J connectivity index is 1.20. The number of carbonyl (C=O) groups is 3. The van der Waals surface area contributed by atoms with E-state index in [1.807, 2.05) is 48.5 Å². The summed E-state index contributed by atoms with van der Waals surface area (Å²) in [6, 6.07) is 22.0. The molecule has 178 valence electrons. The summed E-state index contributed by atoms with van der Waals surface area (Å²) >= 11 is 0. The van der Waals surface area contributed by atoms with Crippen LogP contribution in [0.3, 0.4) is 0 Å². The van der Waals surface area contributed by atoms with Crippen molar-refractivity contribution >= 4 is 23.4 Å². The van der Waals surface area contributed by atoms with E-state index in [2.05, 4.69) is 10.6 Å². The van der Waals surface area contributed by atoms with Gasteiger partial charge in [-0.25, -0.2) is 0 Å². The minimum Gasteiger partial charge on any atom is -0.454 e. The number of benzene rings is 3. The first-order chi connectivity index (χ1) is 17.1. The lowest BCUT2D eigenvalue weighted by atomic mass is 10.1. The number of amides is 3. The van der Waals surface area contributed by atoms with E-state index >= 15 is 0 Å². The largest absolute Gasteiger partial charge is 0.454 e. The highest BCUT2D eigenvalue weighted by atomic mass is 16.7. The Labute approximate surface area is 202 Å². The molecular weight excluding hydrogens is 446 g/mol. The molecule has 0 bridgehead atoms. The zero-order valence-electron chi connectivity index (χ0n) is 19.0. The van der Waals surface area contributed by atoms with Crippen molar-refractivity contribution in [2.45, 2.75) is 19.5 Å². The van der Waals surface area contributed by atoms with Crippen LogP contribution in [0.1, 0.15) is 27.9 Å². The van der Waals surface area contributed by atoms with Crippen LogP contribution in [-0.4, -0.2) is 36.0 Å². The topological polar surface area (TPSA) is 97.0 Å². The molecule has 0 unspecified atom stereocenters. The minimum atomic E-state index is -0.476. The van der Waals surface area contributed by atoms with Gasteiger partial charge in [-0.1, -0.05) is 48.5 Å². The van der Waals surface area contributed by atoms with Gasteiger partial charge in [0.2, 0.25) is 18.6 Å². The van der Waals surface area contributed by atoms with E-state index in [0.717, 1.165) is 11.1 Å². The molecule has 8 nitrogen and oxygen atoms in total. The number of rotatable bonds is 7. The standard InChI is InChI=1S/C27H25N3O5/c31-25-13-20(16-30(25)15-18-6-2-1-3-7-18)26(32)29-22-9-5-4-8-21(22)27(33)28-14-19-10-11-23-24(12-19)35-17-34-23/h1-12,20H,13-17H2,(H,28,33)(H,29,32)/t20-/m1/s1. The van der Waals surface area contributed by atoms with Crippen LogP contribution in [0.5, 0.6) is 11.5 Å². The summed E-state index contributed by atoms with van der Waals surface area (Å²) < 4.78 is 10.7. The Morgan fingerprint density at radius 3 is 2.54 bits per heavy atom. The maximum absolute atomic E-state index is 13.0. The summed E-state index contributed by atoms with van der Waals surface area (Å²) in [5.74, 6) is 0.217. The van der Waals surface area contributed by atoms with Gasteiger partial charge < -0.3 is 25.0 Å². The summed E-state index contributed by atoms with van der Waals surface area (Å²) in [5.41, 5.74) is 2.65. The predicted molar refractivity (Wildman–Crippen MR) is 129 cm³/mol. The number of ether oxygens (including phenoxy) is 2. The second kappa shape index (κ2) is 9.89. The van der Waals surface area contributed by atoms with Gasteiger partial charge >= 0.3 is 0 Å². The Kier molecular flexibility index (Phi) is 6.34. The van der Waals surface area contributed by atoms with E-state index in [1.54, 1.807) is 29.2 Å². The number of likely N-dealkylation sites (tertiary alicyclic amines) is 1. The van der Waals surface area contributed by atoms with E-state index in [-0.39, 0.29) is 30.9 Å². The van der Waals surface area contributed by atoms with Gasteiger partial charge in [-0.15, -0.1) is 0 Å². The van der Waals surface area contributed by atoms with E-state index in [4.69, 9.17) is 9.47 Å². The Morgan fingerprint density at radius 1 is 0.914 bits per heavy atom. The van der Waals surface area contributed by atoms with E-state index in [9.17, 15) is 14.4 Å². The molecule has 1 fully saturated rings. The monoisotopic (exact) mass is 471 g/mol. The molecular formula is C27H25N3O5. The van der Waals surface area contributed by atoms with Gasteiger partial charge in [0, 0.05) is 26.1 Å². The SMILES string of the molecule is O=C(NCc1ccc2c(c1)OCO2)c1ccccc1NC(=O)[C@@H]1CC(=O)N(Cc2ccccc2)C1. The Bertz CT molecular complexity index is 1260. The number of para-hydroxylation sites is 1. The van der Waals surface area contributed by atoms with Crippen LogP contribution >= 0.6 is 0 Å². The quantitative estimate of drug-likeness (QED) is 0.551. The van der Waals surface area contributed by atoms with Gasteiger partial charge in [0.05, 0.1) is 17.2 Å². The van der Waals surface area contributed by atoms with Crippen molar-refractivity contribution in [2.24, 2.45) is 5.92 Å². The molecule has 2 N–H and O–H groups in total. The minimum absolute atomic E-state index is 0.0521. The molecule has 2 aliphatic heterocycles. The van der Waals surface area contributed by atoms with E-state index in [1.165, 1.54) is 0 Å². The lowest BCUT2D eigenvalue weighted by molar-refractivity contribution is -0.128. The van der Waals surface area contributed by atoms with Gasteiger partial charge in [0.25, 0.3) is 5.91 Å². The lowest BCUT2D eigenvalue weighted by Crippen LogP contribution is -2.29. The van der Waals surface area contributed by atoms with Crippen LogP contribution in [0.25, 0.3) is 0 Å². The number of nitrogens with zero attached hydrogens (tertiary/aromatic N) is 1. The van der Waals surface area contributed by atoms with Crippen molar-refractivity contribution in [2.75, 3.05) is 18.7 Å². The summed E-state index contributed by atoms with van der Waals surface area (Å²) in [7, 11) is 0. The first-order valence-corrected chi connectivity index (χ1v) is 11.4. The Hall–Kier alpha value is -4.33. The maximum atomic E-state index is 13.0. The number of hydrogen-bond donors (Lipinski definition) is 2. The number of carbonyl (C=O) groups excluding carboxylic acids is 3. The van der Waals surface area contributed by atoms with E-state index in [0.29, 0.717) is 42.4 Å². The molecule has 3 aromatic rings. The van der Waals surface area contributed by atoms with Crippen molar-refractivity contribution in [1.29, 1.82) is 0 Å². The van der Waals surface area contributed by atoms with Crippen LogP contribution < -0.4 is 20.1 Å². The lowest BCUT2D eigenvalue weighted by Gasteiger charge is -2.17. The number of nitrogens with one attached hydrogen (secondary N) is 2. The number of hydrogen-bond acceptors (Lipinski definition) is 5. The molecule has 0 spiro atoms. The molecule has 0 aliphatic carbocycles. The molecule has 0 saturated carbocycles. The van der Waals surface area contributed by atoms with Gasteiger partial charge in [-0.2, -0.15) is 0 Å². The third-order valence-electron chi connectivity index (χ3n) is 6.12. The first-order valence-electron chi connectivity index (χ1n) is 11.4. The summed E-state index contributed by atoms with van der Waals surface area (Å²) in [4.78, 5) is 40.1. The van der Waals surface area contributed by atoms with Crippen molar-refractivity contribution < 1.29 is 23.9 Å². The first kappa shape index (κ1) is 22.5. The second-order valence-electron chi connectivity index (χ2n) is 8.57. The summed E-state index contributed by atoms with van der Waals surface area (Å²) in [6.45, 7) is 1.30.